The van der Waals surface area contributed by atoms with E-state index in [-0.39, 0.29) is 17.0 Å². The summed E-state index contributed by atoms with van der Waals surface area (Å²) in [6.45, 7) is 4.18. The zero-order valence-electron chi connectivity index (χ0n) is 17.2. The number of rotatable bonds is 3. The van der Waals surface area contributed by atoms with E-state index in [1.807, 2.05) is 30.3 Å². The Balaban J connectivity index is 1.50. The van der Waals surface area contributed by atoms with Crippen molar-refractivity contribution in [1.29, 1.82) is 0 Å². The van der Waals surface area contributed by atoms with Crippen LogP contribution < -0.4 is 0 Å². The molecule has 0 spiro atoms. The van der Waals surface area contributed by atoms with E-state index < -0.39 is 0 Å². The van der Waals surface area contributed by atoms with Crippen molar-refractivity contribution in [2.24, 2.45) is 5.41 Å². The van der Waals surface area contributed by atoms with Gasteiger partial charge in [0.1, 0.15) is 10.8 Å². The van der Waals surface area contributed by atoms with Gasteiger partial charge >= 0.3 is 0 Å². The van der Waals surface area contributed by atoms with Gasteiger partial charge in [-0.2, -0.15) is 0 Å². The lowest BCUT2D eigenvalue weighted by Crippen LogP contribution is -2.27. The number of aromatic nitrogens is 3. The van der Waals surface area contributed by atoms with Crippen LogP contribution in [-0.2, 0) is 6.42 Å². The van der Waals surface area contributed by atoms with Crippen LogP contribution in [0.15, 0.2) is 61.1 Å². The summed E-state index contributed by atoms with van der Waals surface area (Å²) in [5, 5.41) is 0.753. The van der Waals surface area contributed by atoms with Gasteiger partial charge in [0.25, 0.3) is 0 Å². The van der Waals surface area contributed by atoms with Crippen LogP contribution in [0.3, 0.4) is 0 Å². The number of halogens is 1. The lowest BCUT2D eigenvalue weighted by atomic mass is 9.75. The molecular formula is C25H20FN3OS. The van der Waals surface area contributed by atoms with Crippen molar-refractivity contribution in [2.75, 3.05) is 0 Å². The van der Waals surface area contributed by atoms with E-state index in [0.717, 1.165) is 44.4 Å². The molecule has 0 N–H and O–H groups in total. The lowest BCUT2D eigenvalue weighted by Gasteiger charge is -2.29. The summed E-state index contributed by atoms with van der Waals surface area (Å²) in [5.74, 6) is -0.152. The molecule has 154 valence electrons. The van der Waals surface area contributed by atoms with Crippen LogP contribution in [0, 0.1) is 11.2 Å². The first kappa shape index (κ1) is 19.7. The monoisotopic (exact) mass is 429 g/mol. The van der Waals surface area contributed by atoms with Gasteiger partial charge in [0.2, 0.25) is 0 Å². The van der Waals surface area contributed by atoms with Crippen LogP contribution in [-0.4, -0.2) is 20.7 Å². The van der Waals surface area contributed by atoms with Crippen LogP contribution in [0.5, 0.6) is 0 Å². The highest BCUT2D eigenvalue weighted by atomic mass is 32.1. The molecule has 3 heterocycles. The second-order valence-electron chi connectivity index (χ2n) is 8.63. The molecule has 1 aromatic carbocycles. The molecule has 0 fully saturated rings. The molecule has 0 radical (unpaired) electrons. The smallest absolute Gasteiger partial charge is 0.165 e. The summed E-state index contributed by atoms with van der Waals surface area (Å²) in [4.78, 5) is 26.6. The zero-order chi connectivity index (χ0) is 21.6. The standard InChI is InChI=1S/C25H20FN3OS/c1-25(2)12-21-19(22(30)13-25)3-4-20(29-21)24-28-14-23(31-24)17-9-16(10-18(26)11-17)15-5-7-27-8-6-15/h3-11,14H,12-13H2,1-2H3. The van der Waals surface area contributed by atoms with Crippen molar-refractivity contribution in [3.8, 4) is 32.3 Å². The Hall–Kier alpha value is -3.25. The maximum absolute atomic E-state index is 14.4. The van der Waals surface area contributed by atoms with E-state index in [9.17, 15) is 9.18 Å². The SMILES string of the molecule is CC1(C)CC(=O)c2ccc(-c3ncc(-c4cc(F)cc(-c5ccncc5)c4)s3)nc2C1. The number of hydrogen-bond acceptors (Lipinski definition) is 5. The Kier molecular flexibility index (Phi) is 4.74. The van der Waals surface area contributed by atoms with Gasteiger partial charge in [-0.1, -0.05) is 13.8 Å². The van der Waals surface area contributed by atoms with Crippen molar-refractivity contribution in [2.45, 2.75) is 26.7 Å². The van der Waals surface area contributed by atoms with Gasteiger partial charge in [0.05, 0.1) is 16.3 Å². The van der Waals surface area contributed by atoms with Crippen molar-refractivity contribution in [1.82, 2.24) is 15.0 Å². The first-order chi connectivity index (χ1) is 14.9. The average Bonchev–Trinajstić information content (AvgIpc) is 3.23. The predicted molar refractivity (Wildman–Crippen MR) is 120 cm³/mol. The summed E-state index contributed by atoms with van der Waals surface area (Å²) in [6, 6.07) is 12.4. The summed E-state index contributed by atoms with van der Waals surface area (Å²) in [6.07, 6.45) is 6.44. The molecule has 1 aliphatic carbocycles. The van der Waals surface area contributed by atoms with E-state index in [4.69, 9.17) is 4.98 Å². The van der Waals surface area contributed by atoms with E-state index >= 15 is 0 Å². The van der Waals surface area contributed by atoms with Gasteiger partial charge in [-0.05, 0) is 71.0 Å². The van der Waals surface area contributed by atoms with Gasteiger partial charge in [0, 0.05) is 30.6 Å². The molecule has 0 amide bonds. The Morgan fingerprint density at radius 3 is 2.55 bits per heavy atom. The minimum atomic E-state index is -0.299. The molecule has 3 aromatic heterocycles. The summed E-state index contributed by atoms with van der Waals surface area (Å²) >= 11 is 1.47. The van der Waals surface area contributed by atoms with E-state index in [1.54, 1.807) is 18.6 Å². The Labute approximate surface area is 183 Å². The summed E-state index contributed by atoms with van der Waals surface area (Å²) < 4.78 is 14.4. The molecule has 0 unspecified atom stereocenters. The van der Waals surface area contributed by atoms with Crippen LogP contribution in [0.1, 0.15) is 36.3 Å². The first-order valence-corrected chi connectivity index (χ1v) is 10.9. The fourth-order valence-electron chi connectivity index (χ4n) is 4.02. The number of hydrogen-bond donors (Lipinski definition) is 0. The minimum Gasteiger partial charge on any atom is -0.294 e. The Morgan fingerprint density at radius 2 is 1.74 bits per heavy atom. The van der Waals surface area contributed by atoms with E-state index in [0.29, 0.717) is 12.0 Å². The molecule has 1 aliphatic rings. The molecule has 4 nitrogen and oxygen atoms in total. The molecule has 5 rings (SSSR count). The Bertz CT molecular complexity index is 1300. The number of nitrogens with zero attached hydrogens (tertiary/aromatic N) is 3. The molecule has 0 atom stereocenters. The molecule has 4 aromatic rings. The number of pyridine rings is 2. The predicted octanol–water partition coefficient (Wildman–Crippen LogP) is 6.23. The number of benzene rings is 1. The quantitative estimate of drug-likeness (QED) is 0.387. The van der Waals surface area contributed by atoms with Crippen molar-refractivity contribution < 1.29 is 9.18 Å². The molecule has 0 saturated heterocycles. The third-order valence-electron chi connectivity index (χ3n) is 5.48. The number of thiazole rings is 1. The normalized spacial score (nSPS) is 15.0. The van der Waals surface area contributed by atoms with Gasteiger partial charge in [0.15, 0.2) is 5.78 Å². The number of carbonyl (C=O) groups is 1. The number of carbonyl (C=O) groups excluding carboxylic acids is 1. The third kappa shape index (κ3) is 3.91. The fraction of sp³-hybridized carbons (Fsp3) is 0.200. The second kappa shape index (κ2) is 7.46. The van der Waals surface area contributed by atoms with Crippen molar-refractivity contribution in [3.63, 3.8) is 0 Å². The second-order valence-corrected chi connectivity index (χ2v) is 9.66. The van der Waals surface area contributed by atoms with Gasteiger partial charge in [-0.15, -0.1) is 11.3 Å². The lowest BCUT2D eigenvalue weighted by molar-refractivity contribution is 0.0910. The van der Waals surface area contributed by atoms with Crippen LogP contribution in [0.25, 0.3) is 32.3 Å². The maximum Gasteiger partial charge on any atom is 0.165 e. The molecular weight excluding hydrogens is 409 g/mol. The van der Waals surface area contributed by atoms with Gasteiger partial charge in [-0.3, -0.25) is 9.78 Å². The van der Waals surface area contributed by atoms with Crippen LogP contribution >= 0.6 is 11.3 Å². The van der Waals surface area contributed by atoms with E-state index in [1.165, 1.54) is 23.5 Å². The number of fused-ring (bicyclic) bond motifs is 1. The van der Waals surface area contributed by atoms with Crippen LogP contribution in [0.2, 0.25) is 0 Å². The first-order valence-electron chi connectivity index (χ1n) is 10.1. The zero-order valence-corrected chi connectivity index (χ0v) is 18.0. The molecule has 0 bridgehead atoms. The summed E-state index contributed by atoms with van der Waals surface area (Å²) in [5.41, 5.74) is 4.67. The van der Waals surface area contributed by atoms with Crippen molar-refractivity contribution >= 4 is 17.1 Å². The highest BCUT2D eigenvalue weighted by Crippen LogP contribution is 2.37. The van der Waals surface area contributed by atoms with E-state index in [2.05, 4.69) is 23.8 Å². The summed E-state index contributed by atoms with van der Waals surface area (Å²) in [7, 11) is 0. The highest BCUT2D eigenvalue weighted by Gasteiger charge is 2.32. The van der Waals surface area contributed by atoms with Crippen molar-refractivity contribution in [3.05, 3.63) is 78.1 Å². The average molecular weight is 430 g/mol. The topological polar surface area (TPSA) is 55.7 Å². The maximum atomic E-state index is 14.4. The molecule has 0 aliphatic heterocycles. The minimum absolute atomic E-state index is 0.0886. The Morgan fingerprint density at radius 1 is 0.968 bits per heavy atom. The number of Topliss-reactive ketones (excluding diaryl/α,β-unsaturated/α-hetero) is 1. The van der Waals surface area contributed by atoms with Gasteiger partial charge < -0.3 is 0 Å². The molecule has 0 saturated carbocycles. The highest BCUT2D eigenvalue weighted by molar-refractivity contribution is 7.18. The fourth-order valence-corrected chi connectivity index (χ4v) is 4.90. The largest absolute Gasteiger partial charge is 0.294 e. The van der Waals surface area contributed by atoms with Crippen LogP contribution in [0.4, 0.5) is 4.39 Å². The molecule has 31 heavy (non-hydrogen) atoms. The number of ketones is 1. The third-order valence-corrected chi connectivity index (χ3v) is 6.55. The van der Waals surface area contributed by atoms with Gasteiger partial charge in [-0.25, -0.2) is 14.4 Å². The molecule has 6 heteroatoms.